The van der Waals surface area contributed by atoms with Gasteiger partial charge >= 0.3 is 5.97 Å². The first-order chi connectivity index (χ1) is 7.94. The second kappa shape index (κ2) is 4.35. The van der Waals surface area contributed by atoms with E-state index in [0.717, 1.165) is 18.2 Å². The standard InChI is InChI=1S/C13H18N2O2/c1-13(2)5-11(6-13)9-15-8-10(7-14-15)3-4-12(16)17/h3-4,7-8,11H,5-6,9H2,1-2H3,(H,16,17)/b4-3+. The van der Waals surface area contributed by atoms with Crippen molar-refractivity contribution in [3.63, 3.8) is 0 Å². The minimum atomic E-state index is -0.932. The predicted molar refractivity (Wildman–Crippen MR) is 65.4 cm³/mol. The Morgan fingerprint density at radius 2 is 2.35 bits per heavy atom. The van der Waals surface area contributed by atoms with E-state index in [-0.39, 0.29) is 0 Å². The molecule has 1 heterocycles. The lowest BCUT2D eigenvalue weighted by Gasteiger charge is -2.42. The fourth-order valence-electron chi connectivity index (χ4n) is 2.63. The highest BCUT2D eigenvalue weighted by Gasteiger charge is 2.35. The molecule has 1 aromatic rings. The average Bonchev–Trinajstić information content (AvgIpc) is 2.60. The molecule has 0 bridgehead atoms. The number of nitrogens with zero attached hydrogens (tertiary/aromatic N) is 2. The van der Waals surface area contributed by atoms with Crippen molar-refractivity contribution in [2.45, 2.75) is 33.2 Å². The fraction of sp³-hybridized carbons (Fsp3) is 0.538. The minimum Gasteiger partial charge on any atom is -0.478 e. The summed E-state index contributed by atoms with van der Waals surface area (Å²) in [7, 11) is 0. The number of carbonyl (C=O) groups is 1. The number of carboxylic acid groups (broad SMARTS) is 1. The maximum atomic E-state index is 10.4. The third-order valence-electron chi connectivity index (χ3n) is 3.20. The number of rotatable bonds is 4. The Hall–Kier alpha value is -1.58. The predicted octanol–water partition coefficient (Wildman–Crippen LogP) is 2.42. The van der Waals surface area contributed by atoms with Gasteiger partial charge in [0.05, 0.1) is 6.20 Å². The average molecular weight is 234 g/mol. The van der Waals surface area contributed by atoms with Gasteiger partial charge in [0.15, 0.2) is 0 Å². The van der Waals surface area contributed by atoms with E-state index in [9.17, 15) is 4.79 Å². The molecule has 2 rings (SSSR count). The summed E-state index contributed by atoms with van der Waals surface area (Å²) in [6.45, 7) is 5.51. The molecular weight excluding hydrogens is 216 g/mol. The molecule has 0 saturated heterocycles. The number of carboxylic acids is 1. The van der Waals surface area contributed by atoms with Gasteiger partial charge in [0.1, 0.15) is 0 Å². The molecule has 17 heavy (non-hydrogen) atoms. The smallest absolute Gasteiger partial charge is 0.328 e. The third kappa shape index (κ3) is 3.19. The van der Waals surface area contributed by atoms with E-state index >= 15 is 0 Å². The van der Waals surface area contributed by atoms with Gasteiger partial charge in [0.2, 0.25) is 0 Å². The van der Waals surface area contributed by atoms with Crippen LogP contribution in [0.1, 0.15) is 32.3 Å². The van der Waals surface area contributed by atoms with Crippen molar-refractivity contribution in [2.24, 2.45) is 11.3 Å². The molecule has 1 saturated carbocycles. The van der Waals surface area contributed by atoms with Gasteiger partial charge in [0.25, 0.3) is 0 Å². The van der Waals surface area contributed by atoms with Crippen molar-refractivity contribution in [3.05, 3.63) is 24.0 Å². The van der Waals surface area contributed by atoms with E-state index < -0.39 is 5.97 Å². The van der Waals surface area contributed by atoms with Gasteiger partial charge in [0, 0.05) is 24.4 Å². The summed E-state index contributed by atoms with van der Waals surface area (Å²) in [6, 6.07) is 0. The third-order valence-corrected chi connectivity index (χ3v) is 3.20. The van der Waals surface area contributed by atoms with E-state index in [2.05, 4.69) is 18.9 Å². The van der Waals surface area contributed by atoms with E-state index in [0.29, 0.717) is 11.3 Å². The molecule has 1 N–H and O–H groups in total. The van der Waals surface area contributed by atoms with Crippen LogP contribution in [-0.4, -0.2) is 20.9 Å². The normalized spacial score (nSPS) is 19.4. The van der Waals surface area contributed by atoms with Gasteiger partial charge in [-0.15, -0.1) is 0 Å². The fourth-order valence-corrected chi connectivity index (χ4v) is 2.63. The first kappa shape index (κ1) is 11.9. The summed E-state index contributed by atoms with van der Waals surface area (Å²) in [4.78, 5) is 10.4. The van der Waals surface area contributed by atoms with Crippen molar-refractivity contribution in [2.75, 3.05) is 0 Å². The summed E-state index contributed by atoms with van der Waals surface area (Å²) < 4.78 is 1.90. The van der Waals surface area contributed by atoms with Crippen LogP contribution in [0.15, 0.2) is 18.5 Å². The van der Waals surface area contributed by atoms with Crippen LogP contribution < -0.4 is 0 Å². The van der Waals surface area contributed by atoms with Crippen LogP contribution in [0, 0.1) is 11.3 Å². The zero-order valence-corrected chi connectivity index (χ0v) is 10.3. The van der Waals surface area contributed by atoms with Crippen molar-refractivity contribution >= 4 is 12.0 Å². The Labute approximate surface area is 101 Å². The molecule has 1 fully saturated rings. The van der Waals surface area contributed by atoms with Crippen LogP contribution in [-0.2, 0) is 11.3 Å². The van der Waals surface area contributed by atoms with Crippen LogP contribution in [0.3, 0.4) is 0 Å². The Morgan fingerprint density at radius 1 is 1.65 bits per heavy atom. The molecule has 0 aliphatic heterocycles. The summed E-state index contributed by atoms with van der Waals surface area (Å²) in [5.74, 6) is -0.223. The van der Waals surface area contributed by atoms with Gasteiger partial charge in [-0.2, -0.15) is 5.10 Å². The van der Waals surface area contributed by atoms with Crippen LogP contribution in [0.25, 0.3) is 6.08 Å². The molecular formula is C13H18N2O2. The van der Waals surface area contributed by atoms with Gasteiger partial charge in [-0.3, -0.25) is 4.68 Å². The van der Waals surface area contributed by atoms with E-state index in [4.69, 9.17) is 5.11 Å². The number of hydrogen-bond acceptors (Lipinski definition) is 2. The van der Waals surface area contributed by atoms with Gasteiger partial charge in [-0.05, 0) is 30.3 Å². The Bertz CT molecular complexity index is 438. The van der Waals surface area contributed by atoms with Crippen LogP contribution in [0.4, 0.5) is 0 Å². The topological polar surface area (TPSA) is 55.1 Å². The first-order valence-corrected chi connectivity index (χ1v) is 5.88. The van der Waals surface area contributed by atoms with Crippen molar-refractivity contribution in [3.8, 4) is 0 Å². The lowest BCUT2D eigenvalue weighted by molar-refractivity contribution is -0.131. The number of aromatic nitrogens is 2. The molecule has 1 aliphatic rings. The summed E-state index contributed by atoms with van der Waals surface area (Å²) in [5.41, 5.74) is 1.33. The maximum absolute atomic E-state index is 10.4. The van der Waals surface area contributed by atoms with Gasteiger partial charge in [-0.1, -0.05) is 13.8 Å². The van der Waals surface area contributed by atoms with E-state index in [1.807, 2.05) is 10.9 Å². The Kier molecular flexibility index (Phi) is 3.05. The Morgan fingerprint density at radius 3 is 2.94 bits per heavy atom. The lowest BCUT2D eigenvalue weighted by Crippen LogP contribution is -2.34. The molecule has 92 valence electrons. The largest absolute Gasteiger partial charge is 0.478 e. The zero-order chi connectivity index (χ0) is 12.5. The minimum absolute atomic E-state index is 0.490. The highest BCUT2D eigenvalue weighted by Crippen LogP contribution is 2.45. The SMILES string of the molecule is CC1(C)CC(Cn2cc(/C=C/C(=O)O)cn2)C1. The van der Waals surface area contributed by atoms with Crippen molar-refractivity contribution in [1.82, 2.24) is 9.78 Å². The van der Waals surface area contributed by atoms with Crippen LogP contribution in [0.5, 0.6) is 0 Å². The highest BCUT2D eigenvalue weighted by atomic mass is 16.4. The number of aliphatic carboxylic acids is 1. The van der Waals surface area contributed by atoms with Crippen molar-refractivity contribution < 1.29 is 9.90 Å². The van der Waals surface area contributed by atoms with E-state index in [1.54, 1.807) is 12.3 Å². The zero-order valence-electron chi connectivity index (χ0n) is 10.3. The number of hydrogen-bond donors (Lipinski definition) is 1. The molecule has 0 unspecified atom stereocenters. The molecule has 1 aliphatic carbocycles. The van der Waals surface area contributed by atoms with Crippen molar-refractivity contribution in [1.29, 1.82) is 0 Å². The quantitative estimate of drug-likeness (QED) is 0.814. The molecule has 0 aromatic carbocycles. The Balaban J connectivity index is 1.89. The summed E-state index contributed by atoms with van der Waals surface area (Å²) in [5, 5.41) is 12.8. The lowest BCUT2D eigenvalue weighted by atomic mass is 9.64. The van der Waals surface area contributed by atoms with E-state index in [1.165, 1.54) is 12.8 Å². The maximum Gasteiger partial charge on any atom is 0.328 e. The first-order valence-electron chi connectivity index (χ1n) is 5.88. The molecule has 0 radical (unpaired) electrons. The van der Waals surface area contributed by atoms with Gasteiger partial charge in [-0.25, -0.2) is 4.79 Å². The van der Waals surface area contributed by atoms with Crippen LogP contribution >= 0.6 is 0 Å². The molecule has 4 heteroatoms. The molecule has 1 aromatic heterocycles. The summed E-state index contributed by atoms with van der Waals surface area (Å²) in [6.07, 6.45) is 8.78. The monoisotopic (exact) mass is 234 g/mol. The second-order valence-corrected chi connectivity index (χ2v) is 5.61. The molecule has 4 nitrogen and oxygen atoms in total. The van der Waals surface area contributed by atoms with Gasteiger partial charge < -0.3 is 5.11 Å². The summed E-state index contributed by atoms with van der Waals surface area (Å²) >= 11 is 0. The molecule has 0 spiro atoms. The highest BCUT2D eigenvalue weighted by molar-refractivity contribution is 5.85. The second-order valence-electron chi connectivity index (χ2n) is 5.61. The molecule has 0 amide bonds. The van der Waals surface area contributed by atoms with Crippen LogP contribution in [0.2, 0.25) is 0 Å². The molecule has 0 atom stereocenters.